The van der Waals surface area contributed by atoms with Crippen molar-refractivity contribution in [2.24, 2.45) is 4.99 Å². The van der Waals surface area contributed by atoms with Crippen LogP contribution in [0.25, 0.3) is 0 Å². The maximum Gasteiger partial charge on any atom is 0.340 e. The number of para-hydroxylation sites is 1. The standard InChI is InChI=1S/C18H15NO3/c1-2-22-18(21)14-10-6-9-13-16(20)11-15(19-17(13)14)12-7-4-3-5-8-12/h3-10H,2,11H2,1H3. The summed E-state index contributed by atoms with van der Waals surface area (Å²) in [5, 5.41) is 0. The second-order valence-corrected chi connectivity index (χ2v) is 4.95. The molecule has 0 radical (unpaired) electrons. The summed E-state index contributed by atoms with van der Waals surface area (Å²) < 4.78 is 5.05. The molecule has 0 aliphatic carbocycles. The summed E-state index contributed by atoms with van der Waals surface area (Å²) in [6, 6.07) is 14.5. The number of ketones is 1. The van der Waals surface area contributed by atoms with Crippen LogP contribution in [0, 0.1) is 0 Å². The first-order valence-corrected chi connectivity index (χ1v) is 7.17. The van der Waals surface area contributed by atoms with Crippen LogP contribution in [0.2, 0.25) is 0 Å². The van der Waals surface area contributed by atoms with Crippen LogP contribution in [-0.4, -0.2) is 24.1 Å². The highest BCUT2D eigenvalue weighted by Gasteiger charge is 2.25. The zero-order chi connectivity index (χ0) is 15.5. The number of hydrogen-bond acceptors (Lipinski definition) is 4. The molecule has 0 bridgehead atoms. The predicted molar refractivity (Wildman–Crippen MR) is 84.0 cm³/mol. The van der Waals surface area contributed by atoms with Gasteiger partial charge in [0.25, 0.3) is 0 Å². The van der Waals surface area contributed by atoms with Crippen molar-refractivity contribution in [2.75, 3.05) is 6.61 Å². The number of ether oxygens (including phenoxy) is 1. The predicted octanol–water partition coefficient (Wildman–Crippen LogP) is 3.57. The van der Waals surface area contributed by atoms with Crippen molar-refractivity contribution < 1.29 is 14.3 Å². The fourth-order valence-electron chi connectivity index (χ4n) is 2.48. The number of esters is 1. The molecule has 0 amide bonds. The van der Waals surface area contributed by atoms with Gasteiger partial charge in [-0.1, -0.05) is 36.4 Å². The van der Waals surface area contributed by atoms with E-state index in [1.54, 1.807) is 25.1 Å². The number of carbonyl (C=O) groups excluding carboxylic acids is 2. The lowest BCUT2D eigenvalue weighted by molar-refractivity contribution is 0.0527. The number of carbonyl (C=O) groups is 2. The van der Waals surface area contributed by atoms with Crippen LogP contribution in [-0.2, 0) is 4.74 Å². The summed E-state index contributed by atoms with van der Waals surface area (Å²) in [4.78, 5) is 29.0. The summed E-state index contributed by atoms with van der Waals surface area (Å²) in [6.07, 6.45) is 0.239. The van der Waals surface area contributed by atoms with Gasteiger partial charge >= 0.3 is 5.97 Å². The first kappa shape index (κ1) is 14.2. The van der Waals surface area contributed by atoms with Crippen LogP contribution in [0.5, 0.6) is 0 Å². The Kier molecular flexibility index (Phi) is 3.83. The molecule has 0 atom stereocenters. The fraction of sp³-hybridized carbons (Fsp3) is 0.167. The molecule has 0 saturated heterocycles. The topological polar surface area (TPSA) is 55.7 Å². The number of nitrogens with zero attached hydrogens (tertiary/aromatic N) is 1. The highest BCUT2D eigenvalue weighted by Crippen LogP contribution is 2.31. The number of benzene rings is 2. The van der Waals surface area contributed by atoms with Gasteiger partial charge in [-0.05, 0) is 24.6 Å². The van der Waals surface area contributed by atoms with Gasteiger partial charge in [0.15, 0.2) is 5.78 Å². The van der Waals surface area contributed by atoms with E-state index in [9.17, 15) is 9.59 Å². The van der Waals surface area contributed by atoms with Gasteiger partial charge in [-0.15, -0.1) is 0 Å². The lowest BCUT2D eigenvalue weighted by Gasteiger charge is -2.17. The molecular formula is C18H15NO3. The summed E-state index contributed by atoms with van der Waals surface area (Å²) in [6.45, 7) is 2.03. The lowest BCUT2D eigenvalue weighted by Crippen LogP contribution is -2.16. The van der Waals surface area contributed by atoms with Gasteiger partial charge < -0.3 is 4.74 Å². The smallest absolute Gasteiger partial charge is 0.340 e. The summed E-state index contributed by atoms with van der Waals surface area (Å²) in [5.41, 5.74) is 2.79. The van der Waals surface area contributed by atoms with Crippen LogP contribution in [0.3, 0.4) is 0 Å². The van der Waals surface area contributed by atoms with E-state index in [4.69, 9.17) is 4.74 Å². The molecule has 1 heterocycles. The zero-order valence-corrected chi connectivity index (χ0v) is 12.2. The minimum Gasteiger partial charge on any atom is -0.462 e. The molecular weight excluding hydrogens is 278 g/mol. The van der Waals surface area contributed by atoms with E-state index in [1.165, 1.54) is 0 Å². The fourth-order valence-corrected chi connectivity index (χ4v) is 2.48. The lowest BCUT2D eigenvalue weighted by atomic mass is 9.94. The van der Waals surface area contributed by atoms with E-state index in [0.717, 1.165) is 5.56 Å². The van der Waals surface area contributed by atoms with E-state index >= 15 is 0 Å². The molecule has 0 N–H and O–H groups in total. The minimum absolute atomic E-state index is 0.0324. The molecule has 1 aliphatic heterocycles. The Balaban J connectivity index is 2.12. The van der Waals surface area contributed by atoms with Gasteiger partial charge in [-0.2, -0.15) is 0 Å². The Bertz CT molecular complexity index is 763. The number of fused-ring (bicyclic) bond motifs is 1. The SMILES string of the molecule is CCOC(=O)c1cccc2c1N=C(c1ccccc1)CC2=O. The molecule has 0 unspecified atom stereocenters. The normalized spacial score (nSPS) is 13.3. The number of aliphatic imine (C=N–C) groups is 1. The highest BCUT2D eigenvalue weighted by molar-refractivity contribution is 6.22. The molecule has 1 aliphatic rings. The van der Waals surface area contributed by atoms with E-state index in [-0.39, 0.29) is 18.8 Å². The van der Waals surface area contributed by atoms with E-state index in [0.29, 0.717) is 22.5 Å². The van der Waals surface area contributed by atoms with E-state index in [2.05, 4.69) is 4.99 Å². The van der Waals surface area contributed by atoms with Crippen molar-refractivity contribution in [3.05, 3.63) is 65.2 Å². The molecule has 3 rings (SSSR count). The van der Waals surface area contributed by atoms with Crippen molar-refractivity contribution in [3.63, 3.8) is 0 Å². The average molecular weight is 293 g/mol. The highest BCUT2D eigenvalue weighted by atomic mass is 16.5. The number of Topliss-reactive ketones (excluding diaryl/α,β-unsaturated/α-hetero) is 1. The molecule has 4 nitrogen and oxygen atoms in total. The van der Waals surface area contributed by atoms with Gasteiger partial charge in [0, 0.05) is 5.56 Å². The third-order valence-corrected chi connectivity index (χ3v) is 3.51. The average Bonchev–Trinajstić information content (AvgIpc) is 2.55. The van der Waals surface area contributed by atoms with Gasteiger partial charge in [-0.3, -0.25) is 9.79 Å². The molecule has 0 aromatic heterocycles. The van der Waals surface area contributed by atoms with Gasteiger partial charge in [0.2, 0.25) is 0 Å². The van der Waals surface area contributed by atoms with Crippen molar-refractivity contribution >= 4 is 23.2 Å². The van der Waals surface area contributed by atoms with Gasteiger partial charge in [-0.25, -0.2) is 4.79 Å². The van der Waals surface area contributed by atoms with Crippen LogP contribution in [0.1, 0.15) is 39.6 Å². The summed E-state index contributed by atoms with van der Waals surface area (Å²) in [7, 11) is 0. The monoisotopic (exact) mass is 293 g/mol. The Morgan fingerprint density at radius 1 is 1.14 bits per heavy atom. The maximum absolute atomic E-state index is 12.4. The van der Waals surface area contributed by atoms with Crippen LogP contribution in [0.15, 0.2) is 53.5 Å². The summed E-state index contributed by atoms with van der Waals surface area (Å²) in [5.74, 6) is -0.486. The Labute approximate surface area is 128 Å². The molecule has 0 fully saturated rings. The second-order valence-electron chi connectivity index (χ2n) is 4.95. The van der Waals surface area contributed by atoms with Crippen molar-refractivity contribution in [1.29, 1.82) is 0 Å². The molecule has 22 heavy (non-hydrogen) atoms. The molecule has 4 heteroatoms. The summed E-state index contributed by atoms with van der Waals surface area (Å²) >= 11 is 0. The van der Waals surface area contributed by atoms with Crippen LogP contribution < -0.4 is 0 Å². The molecule has 110 valence electrons. The van der Waals surface area contributed by atoms with Crippen molar-refractivity contribution in [3.8, 4) is 0 Å². The molecule has 0 spiro atoms. The zero-order valence-electron chi connectivity index (χ0n) is 12.2. The number of hydrogen-bond donors (Lipinski definition) is 0. The van der Waals surface area contributed by atoms with Crippen molar-refractivity contribution in [2.45, 2.75) is 13.3 Å². The maximum atomic E-state index is 12.4. The first-order valence-electron chi connectivity index (χ1n) is 7.17. The van der Waals surface area contributed by atoms with Gasteiger partial charge in [0.1, 0.15) is 0 Å². The third kappa shape index (κ3) is 2.55. The quantitative estimate of drug-likeness (QED) is 0.813. The third-order valence-electron chi connectivity index (χ3n) is 3.51. The molecule has 0 saturated carbocycles. The first-order chi connectivity index (χ1) is 10.7. The van der Waals surface area contributed by atoms with Gasteiger partial charge in [0.05, 0.1) is 30.0 Å². The second kappa shape index (κ2) is 5.93. The van der Waals surface area contributed by atoms with Crippen LogP contribution in [0.4, 0.5) is 5.69 Å². The van der Waals surface area contributed by atoms with E-state index in [1.807, 2.05) is 30.3 Å². The Hall–Kier alpha value is -2.75. The minimum atomic E-state index is -0.454. The van der Waals surface area contributed by atoms with Crippen molar-refractivity contribution in [1.82, 2.24) is 0 Å². The van der Waals surface area contributed by atoms with E-state index < -0.39 is 5.97 Å². The largest absolute Gasteiger partial charge is 0.462 e. The molecule has 2 aromatic rings. The molecule has 2 aromatic carbocycles. The number of rotatable bonds is 3. The Morgan fingerprint density at radius 3 is 2.64 bits per heavy atom. The van der Waals surface area contributed by atoms with Crippen LogP contribution >= 0.6 is 0 Å². The Morgan fingerprint density at radius 2 is 1.91 bits per heavy atom.